The molecule has 0 saturated carbocycles. The molecule has 1 atom stereocenters. The Hall–Kier alpha value is -3.22. The third kappa shape index (κ3) is 1.34. The molecule has 0 radical (unpaired) electrons. The van der Waals surface area contributed by atoms with Gasteiger partial charge in [-0.2, -0.15) is 0 Å². The van der Waals surface area contributed by atoms with E-state index in [4.69, 9.17) is 0 Å². The van der Waals surface area contributed by atoms with Gasteiger partial charge in [-0.1, -0.05) is 24.3 Å². The maximum absolute atomic E-state index is 12.5. The quantitative estimate of drug-likeness (QED) is 0.474. The minimum Gasteiger partial charge on any atom is -0.316 e. The first-order valence-corrected chi connectivity index (χ1v) is 6.56. The Morgan fingerprint density at radius 3 is 2.41 bits per heavy atom. The van der Waals surface area contributed by atoms with E-state index in [9.17, 15) is 19.7 Å². The van der Waals surface area contributed by atoms with Crippen LogP contribution in [-0.4, -0.2) is 16.9 Å². The van der Waals surface area contributed by atoms with Gasteiger partial charge in [-0.3, -0.25) is 20.2 Å². The van der Waals surface area contributed by atoms with Gasteiger partial charge in [0.1, 0.15) is 0 Å². The summed E-state index contributed by atoms with van der Waals surface area (Å²) in [6, 6.07) is 10.9. The van der Waals surface area contributed by atoms with E-state index in [2.05, 4.69) is 10.6 Å². The van der Waals surface area contributed by atoms with E-state index < -0.39 is 22.4 Å². The normalized spacial score (nSPS) is 21.3. The summed E-state index contributed by atoms with van der Waals surface area (Å²) in [5.74, 6) is -0.524. The molecule has 3 amide bonds. The van der Waals surface area contributed by atoms with Crippen LogP contribution in [0.2, 0.25) is 0 Å². The molecule has 1 spiro atoms. The number of nitro groups is 1. The van der Waals surface area contributed by atoms with Gasteiger partial charge in [0.05, 0.1) is 4.92 Å². The van der Waals surface area contributed by atoms with E-state index in [1.54, 1.807) is 18.2 Å². The number of carbonyl (C=O) groups excluding carboxylic acids is 2. The molecular formula is C15H9N3O4. The maximum Gasteiger partial charge on any atom is 0.322 e. The summed E-state index contributed by atoms with van der Waals surface area (Å²) in [4.78, 5) is 34.6. The standard InChI is InChI=1S/C15H9N3O4/c19-13-15(17-14(20)16-13)11-4-2-1-3-9(11)10-6-5-8(18(21)22)7-12(10)15/h1-7H,(H2,16,17,19,20). The number of fused-ring (bicyclic) bond motifs is 5. The Labute approximate surface area is 124 Å². The molecule has 108 valence electrons. The maximum atomic E-state index is 12.5. The molecule has 22 heavy (non-hydrogen) atoms. The first-order valence-electron chi connectivity index (χ1n) is 6.56. The van der Waals surface area contributed by atoms with Crippen molar-refractivity contribution in [1.29, 1.82) is 0 Å². The number of hydrogen-bond acceptors (Lipinski definition) is 4. The van der Waals surface area contributed by atoms with Crippen LogP contribution in [0.15, 0.2) is 42.5 Å². The molecule has 1 saturated heterocycles. The SMILES string of the molecule is O=C1NC(=O)C2(N1)c1ccccc1-c1ccc([N+](=O)[O-])cc12. The number of benzene rings is 2. The van der Waals surface area contributed by atoms with Gasteiger partial charge in [-0.05, 0) is 22.8 Å². The van der Waals surface area contributed by atoms with Crippen molar-refractivity contribution in [3.05, 3.63) is 63.7 Å². The van der Waals surface area contributed by atoms with Crippen molar-refractivity contribution in [2.75, 3.05) is 0 Å². The van der Waals surface area contributed by atoms with E-state index in [0.29, 0.717) is 16.7 Å². The van der Waals surface area contributed by atoms with E-state index in [-0.39, 0.29) is 5.69 Å². The predicted octanol–water partition coefficient (Wildman–Crippen LogP) is 1.66. The number of urea groups is 1. The fourth-order valence-electron chi connectivity index (χ4n) is 3.22. The molecule has 0 bridgehead atoms. The van der Waals surface area contributed by atoms with Crippen LogP contribution in [0, 0.1) is 10.1 Å². The van der Waals surface area contributed by atoms with Gasteiger partial charge in [-0.25, -0.2) is 4.79 Å². The zero-order valence-corrected chi connectivity index (χ0v) is 11.1. The number of nitro benzene ring substituents is 1. The summed E-state index contributed by atoms with van der Waals surface area (Å²) in [7, 11) is 0. The van der Waals surface area contributed by atoms with Crippen LogP contribution in [0.4, 0.5) is 10.5 Å². The molecule has 1 heterocycles. The van der Waals surface area contributed by atoms with Crippen LogP contribution < -0.4 is 10.6 Å². The summed E-state index contributed by atoms with van der Waals surface area (Å²) >= 11 is 0. The molecule has 0 aromatic heterocycles. The highest BCUT2D eigenvalue weighted by atomic mass is 16.6. The first-order chi connectivity index (χ1) is 10.5. The second-order valence-electron chi connectivity index (χ2n) is 5.19. The number of carbonyl (C=O) groups is 2. The van der Waals surface area contributed by atoms with Gasteiger partial charge < -0.3 is 5.32 Å². The smallest absolute Gasteiger partial charge is 0.316 e. The van der Waals surface area contributed by atoms with Crippen molar-refractivity contribution in [1.82, 2.24) is 10.6 Å². The van der Waals surface area contributed by atoms with Crippen molar-refractivity contribution >= 4 is 17.6 Å². The number of rotatable bonds is 1. The van der Waals surface area contributed by atoms with Crippen LogP contribution in [-0.2, 0) is 10.3 Å². The van der Waals surface area contributed by atoms with Gasteiger partial charge >= 0.3 is 6.03 Å². The largest absolute Gasteiger partial charge is 0.322 e. The van der Waals surface area contributed by atoms with E-state index >= 15 is 0 Å². The number of imide groups is 1. The summed E-state index contributed by atoms with van der Waals surface area (Å²) < 4.78 is 0. The summed E-state index contributed by atoms with van der Waals surface area (Å²) in [6.45, 7) is 0. The monoisotopic (exact) mass is 295 g/mol. The van der Waals surface area contributed by atoms with Crippen LogP contribution in [0.5, 0.6) is 0 Å². The molecule has 2 aromatic rings. The van der Waals surface area contributed by atoms with Crippen LogP contribution >= 0.6 is 0 Å². The number of hydrogen-bond donors (Lipinski definition) is 2. The lowest BCUT2D eigenvalue weighted by Crippen LogP contribution is -2.43. The second-order valence-corrected chi connectivity index (χ2v) is 5.19. The van der Waals surface area contributed by atoms with Gasteiger partial charge in [0.2, 0.25) is 0 Å². The van der Waals surface area contributed by atoms with Crippen LogP contribution in [0.1, 0.15) is 11.1 Å². The third-order valence-electron chi connectivity index (χ3n) is 4.11. The average Bonchev–Trinajstić information content (AvgIpc) is 2.96. The zero-order valence-electron chi connectivity index (χ0n) is 11.1. The fraction of sp³-hybridized carbons (Fsp3) is 0.0667. The Balaban J connectivity index is 2.08. The predicted molar refractivity (Wildman–Crippen MR) is 76.0 cm³/mol. The average molecular weight is 295 g/mol. The second kappa shape index (κ2) is 3.91. The van der Waals surface area contributed by atoms with Crippen molar-refractivity contribution in [2.45, 2.75) is 5.54 Å². The zero-order chi connectivity index (χ0) is 15.5. The number of non-ortho nitro benzene ring substituents is 1. The Morgan fingerprint density at radius 2 is 1.73 bits per heavy atom. The molecule has 2 aromatic carbocycles. The molecule has 7 nitrogen and oxygen atoms in total. The molecule has 2 N–H and O–H groups in total. The number of amides is 3. The highest BCUT2D eigenvalue weighted by molar-refractivity contribution is 6.13. The van der Waals surface area contributed by atoms with E-state index in [1.807, 2.05) is 12.1 Å². The lowest BCUT2D eigenvalue weighted by atomic mass is 9.87. The number of nitrogens with zero attached hydrogens (tertiary/aromatic N) is 1. The molecule has 1 unspecified atom stereocenters. The molecule has 1 fully saturated rings. The van der Waals surface area contributed by atoms with E-state index in [1.165, 1.54) is 12.1 Å². The van der Waals surface area contributed by atoms with Crippen LogP contribution in [0.25, 0.3) is 11.1 Å². The molecular weight excluding hydrogens is 286 g/mol. The Bertz CT molecular complexity index is 877. The minimum atomic E-state index is -1.39. The van der Waals surface area contributed by atoms with Gasteiger partial charge in [0.15, 0.2) is 5.54 Å². The summed E-state index contributed by atoms with van der Waals surface area (Å²) in [5, 5.41) is 15.9. The highest BCUT2D eigenvalue weighted by Gasteiger charge is 2.55. The molecule has 1 aliphatic carbocycles. The molecule has 2 aliphatic rings. The summed E-state index contributed by atoms with van der Waals surface area (Å²) in [6.07, 6.45) is 0. The lowest BCUT2D eigenvalue weighted by Gasteiger charge is -2.22. The number of nitrogens with one attached hydrogen (secondary N) is 2. The topological polar surface area (TPSA) is 101 Å². The van der Waals surface area contributed by atoms with Crippen molar-refractivity contribution in [2.24, 2.45) is 0 Å². The lowest BCUT2D eigenvalue weighted by molar-refractivity contribution is -0.384. The van der Waals surface area contributed by atoms with Crippen LogP contribution in [0.3, 0.4) is 0 Å². The Morgan fingerprint density at radius 1 is 1.00 bits per heavy atom. The van der Waals surface area contributed by atoms with Gasteiger partial charge in [-0.15, -0.1) is 0 Å². The minimum absolute atomic E-state index is 0.125. The molecule has 7 heteroatoms. The fourth-order valence-corrected chi connectivity index (χ4v) is 3.22. The van der Waals surface area contributed by atoms with Gasteiger partial charge in [0, 0.05) is 17.7 Å². The first kappa shape index (κ1) is 12.5. The van der Waals surface area contributed by atoms with Gasteiger partial charge in [0.25, 0.3) is 11.6 Å². The van der Waals surface area contributed by atoms with Crippen molar-refractivity contribution in [3.63, 3.8) is 0 Å². The van der Waals surface area contributed by atoms with Crippen molar-refractivity contribution < 1.29 is 14.5 Å². The Kier molecular flexibility index (Phi) is 2.22. The van der Waals surface area contributed by atoms with Crippen molar-refractivity contribution in [3.8, 4) is 11.1 Å². The summed E-state index contributed by atoms with van der Waals surface area (Å²) in [5.41, 5.74) is 1.01. The van der Waals surface area contributed by atoms with E-state index in [0.717, 1.165) is 5.56 Å². The third-order valence-corrected chi connectivity index (χ3v) is 4.11. The highest BCUT2D eigenvalue weighted by Crippen LogP contribution is 2.49. The molecule has 4 rings (SSSR count). The molecule has 1 aliphatic heterocycles.